The number of carbonyl (C=O) groups is 1. The minimum absolute atomic E-state index is 0.0377. The summed E-state index contributed by atoms with van der Waals surface area (Å²) in [5.74, 6) is 5.34. The number of nitrogens with zero attached hydrogens (tertiary/aromatic N) is 10. The lowest BCUT2D eigenvalue weighted by atomic mass is 10.1. The molecule has 2 aromatic carbocycles. The molecule has 1 amide bonds. The molecule has 0 spiro atoms. The lowest BCUT2D eigenvalue weighted by molar-refractivity contribution is -0.385. The summed E-state index contributed by atoms with van der Waals surface area (Å²) >= 11 is 0.474. The molecule has 3 aliphatic rings. The molecule has 326 valence electrons. The Balaban J connectivity index is 1.11. The van der Waals surface area contributed by atoms with Gasteiger partial charge in [0.15, 0.2) is 47.4 Å². The smallest absolute Gasteiger partial charge is 0.390 e. The number of rotatable bonds is 6. The van der Waals surface area contributed by atoms with Crippen LogP contribution in [0.1, 0.15) is 40.5 Å². The predicted molar refractivity (Wildman–Crippen MR) is 218 cm³/mol. The topological polar surface area (TPSA) is 245 Å². The second-order valence-corrected chi connectivity index (χ2v) is 18.5. The second kappa shape index (κ2) is 17.7. The van der Waals surface area contributed by atoms with Crippen molar-refractivity contribution in [2.45, 2.75) is 67.8 Å². The Labute approximate surface area is 359 Å². The summed E-state index contributed by atoms with van der Waals surface area (Å²) in [6.07, 6.45) is -8.49. The third kappa shape index (κ3) is 8.15. The number of aliphatic hydroxyl groups is 2. The van der Waals surface area contributed by atoms with Crippen molar-refractivity contribution in [2.24, 2.45) is 0 Å². The van der Waals surface area contributed by atoms with Crippen molar-refractivity contribution in [1.29, 1.82) is 0 Å². The van der Waals surface area contributed by atoms with Crippen molar-refractivity contribution in [2.75, 3.05) is 24.7 Å². The lowest BCUT2D eigenvalue weighted by Crippen LogP contribution is -2.34. The standard InChI is InChI=1S/C39H35F2N10O10PS/c40-28-32(53)27-16-58-62(57,63-17-23-11-6-7-13-25(23)51(55)56)61-33-26(15-52)59-39(29(33)41)49-20-46-30-24(42-18-43-34(30)49)12-5-2-8-14-48(37(54)22-9-3-1-4-10-22)35-31-36(45-19-44-35)50(21-47-31)38(28)60-27/h1,3-4,6-7,9-11,13,18-21,26-29,32-33,38-39,52-53H,5,12,14-17H2/t26-,27-,28-,29-,32-,33-,38?,39-,62+/m1/s1. The number of amides is 1. The van der Waals surface area contributed by atoms with E-state index in [0.29, 0.717) is 28.2 Å². The highest BCUT2D eigenvalue weighted by Gasteiger charge is 2.52. The molecule has 1 unspecified atom stereocenters. The van der Waals surface area contributed by atoms with Crippen LogP contribution in [-0.4, -0.2) is 117 Å². The Morgan fingerprint density at radius 3 is 2.38 bits per heavy atom. The third-order valence-electron chi connectivity index (χ3n) is 10.6. The van der Waals surface area contributed by atoms with Crippen LogP contribution in [0.4, 0.5) is 20.3 Å². The van der Waals surface area contributed by atoms with Crippen LogP contribution in [0.25, 0.3) is 22.3 Å². The van der Waals surface area contributed by atoms with Crippen LogP contribution in [0, 0.1) is 22.0 Å². The van der Waals surface area contributed by atoms with E-state index < -0.39 is 80.1 Å². The van der Waals surface area contributed by atoms with Gasteiger partial charge in [-0.3, -0.25) is 38.0 Å². The Kier molecular flexibility index (Phi) is 12.0. The van der Waals surface area contributed by atoms with E-state index in [1.165, 1.54) is 57.3 Å². The summed E-state index contributed by atoms with van der Waals surface area (Å²) in [5, 5.41) is 33.3. The lowest BCUT2D eigenvalue weighted by Gasteiger charge is -2.26. The summed E-state index contributed by atoms with van der Waals surface area (Å²) in [7, 11) is 0. The molecule has 2 saturated heterocycles. The van der Waals surface area contributed by atoms with Gasteiger partial charge in [-0.15, -0.1) is 5.92 Å². The fraction of sp³-hybridized carbons (Fsp3) is 0.359. The highest BCUT2D eigenvalue weighted by atomic mass is 32.7. The minimum atomic E-state index is -4.70. The number of carbonyl (C=O) groups excluding carboxylic acids is 1. The number of alkyl halides is 2. The molecule has 20 nitrogen and oxygen atoms in total. The third-order valence-corrected chi connectivity index (χ3v) is 14.3. The minimum Gasteiger partial charge on any atom is -0.394 e. The monoisotopic (exact) mass is 904 g/mol. The molecular formula is C39H35F2N10O10PS. The molecule has 2 N–H and O–H groups in total. The first-order chi connectivity index (χ1) is 30.5. The van der Waals surface area contributed by atoms with Crippen LogP contribution in [0.5, 0.6) is 0 Å². The van der Waals surface area contributed by atoms with Crippen LogP contribution >= 0.6 is 18.2 Å². The number of hydrogen-bond acceptors (Lipinski definition) is 17. The number of halogens is 2. The number of imidazole rings is 2. The average Bonchev–Trinajstić information content (AvgIpc) is 4.07. The van der Waals surface area contributed by atoms with Gasteiger partial charge in [-0.1, -0.05) is 42.3 Å². The number of benzene rings is 2. The fourth-order valence-electron chi connectivity index (χ4n) is 7.50. The molecule has 7 heterocycles. The normalized spacial score (nSPS) is 27.7. The molecule has 6 aromatic rings. The predicted octanol–water partition coefficient (Wildman–Crippen LogP) is 4.44. The van der Waals surface area contributed by atoms with Crippen LogP contribution in [0.15, 0.2) is 79.9 Å². The molecule has 9 rings (SSSR count). The van der Waals surface area contributed by atoms with Gasteiger partial charge >= 0.3 is 6.80 Å². The van der Waals surface area contributed by atoms with Gasteiger partial charge in [-0.05, 0) is 23.5 Å². The summed E-state index contributed by atoms with van der Waals surface area (Å²) in [6.45, 7) is -6.43. The summed E-state index contributed by atoms with van der Waals surface area (Å²) in [5.41, 5.74) is 1.23. The van der Waals surface area contributed by atoms with E-state index in [1.54, 1.807) is 30.3 Å². The Hall–Kier alpha value is -5.83. The summed E-state index contributed by atoms with van der Waals surface area (Å²) in [4.78, 5) is 52.7. The Bertz CT molecular complexity index is 2800. The average molecular weight is 905 g/mol. The number of aliphatic hydroxyl groups excluding tert-OH is 2. The van der Waals surface area contributed by atoms with E-state index in [4.69, 9.17) is 18.5 Å². The van der Waals surface area contributed by atoms with Crippen molar-refractivity contribution in [3.8, 4) is 11.8 Å². The van der Waals surface area contributed by atoms with Crippen molar-refractivity contribution < 1.29 is 51.8 Å². The zero-order valence-electron chi connectivity index (χ0n) is 32.6. The molecule has 24 heteroatoms. The number of nitro groups is 1. The number of fused-ring (bicyclic) bond motifs is 6. The van der Waals surface area contributed by atoms with Gasteiger partial charge < -0.3 is 19.7 Å². The van der Waals surface area contributed by atoms with Crippen LogP contribution in [0.2, 0.25) is 0 Å². The highest BCUT2D eigenvalue weighted by Crippen LogP contribution is 2.64. The maximum Gasteiger partial charge on any atom is 0.390 e. The van der Waals surface area contributed by atoms with Gasteiger partial charge in [-0.2, -0.15) is 0 Å². The fourth-order valence-corrected chi connectivity index (χ4v) is 10.9. The van der Waals surface area contributed by atoms with Crippen molar-refractivity contribution in [1.82, 2.24) is 39.0 Å². The molecule has 9 atom stereocenters. The van der Waals surface area contributed by atoms with E-state index in [9.17, 15) is 29.7 Å². The first-order valence-electron chi connectivity index (χ1n) is 19.4. The summed E-state index contributed by atoms with van der Waals surface area (Å²) < 4.78 is 73.7. The van der Waals surface area contributed by atoms with E-state index in [-0.39, 0.29) is 59.0 Å². The molecule has 3 aliphatic heterocycles. The first-order valence-corrected chi connectivity index (χ1v) is 22.5. The molecule has 63 heavy (non-hydrogen) atoms. The quantitative estimate of drug-likeness (QED) is 0.102. The largest absolute Gasteiger partial charge is 0.394 e. The summed E-state index contributed by atoms with van der Waals surface area (Å²) in [6, 6.07) is 14.1. The van der Waals surface area contributed by atoms with E-state index in [2.05, 4.69) is 41.7 Å². The Morgan fingerprint density at radius 1 is 0.921 bits per heavy atom. The van der Waals surface area contributed by atoms with E-state index in [1.807, 2.05) is 0 Å². The van der Waals surface area contributed by atoms with Crippen molar-refractivity contribution >= 4 is 57.9 Å². The number of hydrogen-bond donors (Lipinski definition) is 2. The van der Waals surface area contributed by atoms with Crippen molar-refractivity contribution in [3.63, 3.8) is 0 Å². The molecule has 0 saturated carbocycles. The van der Waals surface area contributed by atoms with Gasteiger partial charge in [0, 0.05) is 35.8 Å². The SMILES string of the molecule is O=C(c1ccccc1)N1CC#CCCc2ncnc3c2ncn3[C@@H]2O[C@H](CO)[C@@H](O[P@@](=O)(SCc3ccccc3[N+](=O)[O-])OC[C@H]3OC([C@H](F)[C@@H]3O)n3cnc4c1ncnc43)[C@H]2F. The zero-order valence-corrected chi connectivity index (χ0v) is 34.3. The number of ether oxygens (including phenoxy) is 2. The number of nitro benzene ring substituents is 1. The number of aryl methyl sites for hydroxylation is 1. The second-order valence-electron chi connectivity index (χ2n) is 14.4. The maximum absolute atomic E-state index is 16.7. The maximum atomic E-state index is 16.7. The Morgan fingerprint density at radius 2 is 1.62 bits per heavy atom. The first kappa shape index (κ1) is 42.5. The molecule has 12 bridgehead atoms. The van der Waals surface area contributed by atoms with Gasteiger partial charge in [0.1, 0.15) is 42.6 Å². The van der Waals surface area contributed by atoms with Crippen LogP contribution < -0.4 is 4.90 Å². The van der Waals surface area contributed by atoms with Gasteiger partial charge in [0.05, 0.1) is 43.0 Å². The molecule has 0 radical (unpaired) electrons. The van der Waals surface area contributed by atoms with E-state index >= 15 is 8.78 Å². The van der Waals surface area contributed by atoms with Crippen LogP contribution in [0.3, 0.4) is 0 Å². The van der Waals surface area contributed by atoms with Crippen LogP contribution in [-0.2, 0) is 35.3 Å². The molecular weight excluding hydrogens is 870 g/mol. The van der Waals surface area contributed by atoms with Gasteiger partial charge in [0.2, 0.25) is 0 Å². The molecule has 0 aliphatic carbocycles. The number of aromatic nitrogens is 8. The zero-order chi connectivity index (χ0) is 43.8. The number of para-hydroxylation sites is 1. The highest BCUT2D eigenvalue weighted by molar-refractivity contribution is 8.54. The molecule has 2 fully saturated rings. The van der Waals surface area contributed by atoms with Gasteiger partial charge in [0.25, 0.3) is 11.6 Å². The molecule has 4 aromatic heterocycles. The van der Waals surface area contributed by atoms with Gasteiger partial charge in [-0.25, -0.2) is 43.2 Å². The van der Waals surface area contributed by atoms with E-state index in [0.717, 1.165) is 6.33 Å². The number of anilines is 1. The van der Waals surface area contributed by atoms with Crippen molar-refractivity contribution in [3.05, 3.63) is 107 Å².